The summed E-state index contributed by atoms with van der Waals surface area (Å²) in [6.07, 6.45) is 1.71. The summed E-state index contributed by atoms with van der Waals surface area (Å²) in [4.78, 5) is 4.12. The molecule has 0 spiro atoms. The molecule has 0 radical (unpaired) electrons. The number of methoxy groups -OCH3 is 1. The van der Waals surface area contributed by atoms with Gasteiger partial charge in [0.15, 0.2) is 11.5 Å². The van der Waals surface area contributed by atoms with Crippen molar-refractivity contribution in [3.05, 3.63) is 82.5 Å². The van der Waals surface area contributed by atoms with Gasteiger partial charge in [-0.1, -0.05) is 47.5 Å². The second-order valence-electron chi connectivity index (χ2n) is 6.58. The minimum atomic E-state index is 0.429. The molecule has 1 aromatic heterocycles. The van der Waals surface area contributed by atoms with Crippen LogP contribution in [0.4, 0.5) is 0 Å². The number of benzene rings is 2. The van der Waals surface area contributed by atoms with E-state index in [0.29, 0.717) is 48.7 Å². The van der Waals surface area contributed by atoms with Gasteiger partial charge in [-0.05, 0) is 36.2 Å². The molecule has 6 heteroatoms. The molecule has 0 fully saturated rings. The summed E-state index contributed by atoms with van der Waals surface area (Å²) in [5.41, 5.74) is 3.30. The van der Waals surface area contributed by atoms with Gasteiger partial charge in [-0.15, -0.1) is 0 Å². The molecular weight excluding hydrogens is 388 g/mol. The van der Waals surface area contributed by atoms with Crippen LogP contribution in [0.15, 0.2) is 60.8 Å². The van der Waals surface area contributed by atoms with E-state index < -0.39 is 0 Å². The van der Waals surface area contributed by atoms with E-state index >= 15 is 0 Å². The Bertz CT molecular complexity index is 902. The molecule has 1 heterocycles. The predicted octanol–water partition coefficient (Wildman–Crippen LogP) is 4.80. The summed E-state index contributed by atoms with van der Waals surface area (Å²) in [5, 5.41) is 3.85. The smallest absolute Gasteiger partial charge is 0.213 e. The fourth-order valence-corrected chi connectivity index (χ4v) is 3.04. The van der Waals surface area contributed by atoms with Crippen molar-refractivity contribution in [3.63, 3.8) is 0 Å². The Morgan fingerprint density at radius 1 is 1.00 bits per heavy atom. The van der Waals surface area contributed by atoms with Gasteiger partial charge >= 0.3 is 0 Å². The first-order chi connectivity index (χ1) is 14.2. The summed E-state index contributed by atoms with van der Waals surface area (Å²) >= 11 is 6.46. The molecule has 3 rings (SSSR count). The van der Waals surface area contributed by atoms with Gasteiger partial charge in [-0.25, -0.2) is 4.98 Å². The van der Waals surface area contributed by atoms with Crippen molar-refractivity contribution in [2.75, 3.05) is 20.3 Å². The lowest BCUT2D eigenvalue weighted by Gasteiger charge is -2.15. The molecule has 0 bridgehead atoms. The maximum Gasteiger partial charge on any atom is 0.213 e. The van der Waals surface area contributed by atoms with Crippen molar-refractivity contribution >= 4 is 11.6 Å². The van der Waals surface area contributed by atoms with E-state index in [2.05, 4.69) is 29.4 Å². The van der Waals surface area contributed by atoms with Gasteiger partial charge in [0.1, 0.15) is 13.2 Å². The fourth-order valence-electron chi connectivity index (χ4n) is 2.75. The van der Waals surface area contributed by atoms with Crippen LogP contribution in [0.1, 0.15) is 16.7 Å². The van der Waals surface area contributed by atoms with Crippen molar-refractivity contribution in [1.29, 1.82) is 0 Å². The summed E-state index contributed by atoms with van der Waals surface area (Å²) in [5.74, 6) is 1.79. The molecule has 0 amide bonds. The van der Waals surface area contributed by atoms with E-state index in [9.17, 15) is 0 Å². The number of ether oxygens (including phenoxy) is 3. The van der Waals surface area contributed by atoms with Crippen LogP contribution in [-0.2, 0) is 13.2 Å². The Morgan fingerprint density at radius 3 is 2.55 bits per heavy atom. The first-order valence-corrected chi connectivity index (χ1v) is 9.83. The second kappa shape index (κ2) is 10.7. The zero-order valence-electron chi connectivity index (χ0n) is 16.7. The van der Waals surface area contributed by atoms with Crippen molar-refractivity contribution in [2.45, 2.75) is 20.1 Å². The Balaban J connectivity index is 1.52. The van der Waals surface area contributed by atoms with E-state index in [0.717, 1.165) is 11.1 Å². The number of aryl methyl sites for hydroxylation is 1. The lowest BCUT2D eigenvalue weighted by Crippen LogP contribution is -2.20. The highest BCUT2D eigenvalue weighted by molar-refractivity contribution is 6.32. The number of pyridine rings is 1. The highest BCUT2D eigenvalue weighted by atomic mass is 35.5. The van der Waals surface area contributed by atoms with E-state index in [1.807, 2.05) is 42.5 Å². The van der Waals surface area contributed by atoms with E-state index in [1.165, 1.54) is 5.56 Å². The molecule has 1 N–H and O–H groups in total. The Morgan fingerprint density at radius 2 is 1.83 bits per heavy atom. The monoisotopic (exact) mass is 412 g/mol. The average molecular weight is 413 g/mol. The minimum absolute atomic E-state index is 0.429. The van der Waals surface area contributed by atoms with Gasteiger partial charge in [0, 0.05) is 25.4 Å². The largest absolute Gasteiger partial charge is 0.493 e. The van der Waals surface area contributed by atoms with Gasteiger partial charge in [-0.2, -0.15) is 0 Å². The molecule has 0 atom stereocenters. The Labute approximate surface area is 176 Å². The number of aromatic nitrogens is 1. The van der Waals surface area contributed by atoms with Crippen LogP contribution in [0.2, 0.25) is 5.02 Å². The molecule has 3 aromatic rings. The Hall–Kier alpha value is -2.76. The van der Waals surface area contributed by atoms with Crippen molar-refractivity contribution in [1.82, 2.24) is 10.3 Å². The van der Waals surface area contributed by atoms with Crippen LogP contribution in [0.5, 0.6) is 17.4 Å². The molecule has 0 aliphatic carbocycles. The molecular formula is C23H25ClN2O3. The topological polar surface area (TPSA) is 52.6 Å². The molecule has 5 nitrogen and oxygen atoms in total. The summed E-state index contributed by atoms with van der Waals surface area (Å²) < 4.78 is 17.0. The van der Waals surface area contributed by atoms with Crippen LogP contribution in [0.25, 0.3) is 0 Å². The van der Waals surface area contributed by atoms with Crippen molar-refractivity contribution in [3.8, 4) is 17.4 Å². The predicted molar refractivity (Wildman–Crippen MR) is 115 cm³/mol. The zero-order chi connectivity index (χ0) is 20.5. The molecule has 0 aliphatic heterocycles. The number of nitrogens with zero attached hydrogens (tertiary/aromatic N) is 1. The van der Waals surface area contributed by atoms with Gasteiger partial charge in [-0.3, -0.25) is 0 Å². The fraction of sp³-hybridized carbons (Fsp3) is 0.261. The lowest BCUT2D eigenvalue weighted by atomic mass is 10.1. The first kappa shape index (κ1) is 21.0. The number of rotatable bonds is 10. The third-order valence-electron chi connectivity index (χ3n) is 4.29. The van der Waals surface area contributed by atoms with Crippen LogP contribution in [0, 0.1) is 6.92 Å². The Kier molecular flexibility index (Phi) is 7.73. The van der Waals surface area contributed by atoms with Gasteiger partial charge < -0.3 is 19.5 Å². The summed E-state index contributed by atoms with van der Waals surface area (Å²) in [7, 11) is 1.61. The van der Waals surface area contributed by atoms with E-state index in [1.54, 1.807) is 13.3 Å². The molecule has 0 saturated carbocycles. The lowest BCUT2D eigenvalue weighted by molar-refractivity contribution is 0.284. The standard InChI is InChI=1S/C23H25ClN2O3/c1-17-6-8-18(9-7-17)16-29-23-20(24)13-19(14-21(23)27-2)15-25-11-12-28-22-5-3-4-10-26-22/h3-10,13-14,25H,11-12,15-16H2,1-2H3. The van der Waals surface area contributed by atoms with Crippen molar-refractivity contribution in [2.24, 2.45) is 0 Å². The van der Waals surface area contributed by atoms with E-state index in [4.69, 9.17) is 25.8 Å². The SMILES string of the molecule is COc1cc(CNCCOc2ccccn2)cc(Cl)c1OCc1ccc(C)cc1. The average Bonchev–Trinajstić information content (AvgIpc) is 2.74. The third kappa shape index (κ3) is 6.38. The van der Waals surface area contributed by atoms with Crippen LogP contribution in [0.3, 0.4) is 0 Å². The molecule has 152 valence electrons. The number of nitrogens with one attached hydrogen (secondary N) is 1. The molecule has 2 aromatic carbocycles. The normalized spacial score (nSPS) is 10.6. The first-order valence-electron chi connectivity index (χ1n) is 9.45. The van der Waals surface area contributed by atoms with Crippen LogP contribution in [-0.4, -0.2) is 25.2 Å². The molecule has 0 saturated heterocycles. The molecule has 0 unspecified atom stereocenters. The van der Waals surface area contributed by atoms with Gasteiger partial charge in [0.05, 0.1) is 12.1 Å². The second-order valence-corrected chi connectivity index (χ2v) is 6.98. The number of halogens is 1. The van der Waals surface area contributed by atoms with Crippen LogP contribution >= 0.6 is 11.6 Å². The highest BCUT2D eigenvalue weighted by Gasteiger charge is 2.12. The maximum absolute atomic E-state index is 6.46. The quantitative estimate of drug-likeness (QED) is 0.485. The highest BCUT2D eigenvalue weighted by Crippen LogP contribution is 2.37. The summed E-state index contributed by atoms with van der Waals surface area (Å²) in [6, 6.07) is 17.6. The van der Waals surface area contributed by atoms with E-state index in [-0.39, 0.29) is 0 Å². The molecule has 29 heavy (non-hydrogen) atoms. The maximum atomic E-state index is 6.46. The van der Waals surface area contributed by atoms with Crippen molar-refractivity contribution < 1.29 is 14.2 Å². The number of hydrogen-bond acceptors (Lipinski definition) is 5. The van der Waals surface area contributed by atoms with Gasteiger partial charge in [0.25, 0.3) is 0 Å². The third-order valence-corrected chi connectivity index (χ3v) is 4.57. The zero-order valence-corrected chi connectivity index (χ0v) is 17.4. The minimum Gasteiger partial charge on any atom is -0.493 e. The number of hydrogen-bond donors (Lipinski definition) is 1. The summed E-state index contributed by atoms with van der Waals surface area (Å²) in [6.45, 7) is 4.34. The molecule has 0 aliphatic rings. The van der Waals surface area contributed by atoms with Crippen LogP contribution < -0.4 is 19.5 Å². The van der Waals surface area contributed by atoms with Gasteiger partial charge in [0.2, 0.25) is 5.88 Å².